The molecule has 0 radical (unpaired) electrons. The summed E-state index contributed by atoms with van der Waals surface area (Å²) in [5, 5.41) is 34.9. The maximum absolute atomic E-state index is 11.2. The van der Waals surface area contributed by atoms with E-state index in [1.54, 1.807) is 30.3 Å². The van der Waals surface area contributed by atoms with Crippen LogP contribution in [0.4, 0.5) is 22.7 Å². The highest BCUT2D eigenvalue weighted by molar-refractivity contribution is 6.10. The fourth-order valence-corrected chi connectivity index (χ4v) is 1.73. The first-order valence-corrected chi connectivity index (χ1v) is 6.38. The highest BCUT2D eigenvalue weighted by Crippen LogP contribution is 2.30. The Morgan fingerprint density at radius 2 is 1.78 bits per heavy atom. The van der Waals surface area contributed by atoms with Gasteiger partial charge in [-0.1, -0.05) is 18.2 Å². The van der Waals surface area contributed by atoms with Gasteiger partial charge in [0.25, 0.3) is 5.69 Å². The molecule has 0 unspecified atom stereocenters. The van der Waals surface area contributed by atoms with E-state index >= 15 is 0 Å². The summed E-state index contributed by atoms with van der Waals surface area (Å²) < 4.78 is 0. The summed E-state index contributed by atoms with van der Waals surface area (Å²) >= 11 is 0. The van der Waals surface area contributed by atoms with Crippen LogP contribution in [0.15, 0.2) is 53.6 Å². The van der Waals surface area contributed by atoms with Gasteiger partial charge in [0.2, 0.25) is 5.71 Å². The van der Waals surface area contributed by atoms with Gasteiger partial charge in [-0.2, -0.15) is 15.6 Å². The van der Waals surface area contributed by atoms with Gasteiger partial charge in [-0.15, -0.1) is 0 Å². The molecule has 0 amide bonds. The maximum atomic E-state index is 11.2. The van der Waals surface area contributed by atoms with Crippen molar-refractivity contribution in [2.75, 3.05) is 10.7 Å². The Morgan fingerprint density at radius 1 is 1.09 bits per heavy atom. The lowest BCUT2D eigenvalue weighted by atomic mass is 10.2. The molecule has 23 heavy (non-hydrogen) atoms. The Morgan fingerprint density at radius 3 is 2.39 bits per heavy atom. The van der Waals surface area contributed by atoms with Crippen molar-refractivity contribution in [1.29, 1.82) is 10.5 Å². The summed E-state index contributed by atoms with van der Waals surface area (Å²) in [5.74, 6) is 0. The molecule has 0 aliphatic carbocycles. The van der Waals surface area contributed by atoms with Crippen LogP contribution in [0.3, 0.4) is 0 Å². The average molecular weight is 306 g/mol. The lowest BCUT2D eigenvalue weighted by Gasteiger charge is -2.08. The Kier molecular flexibility index (Phi) is 4.85. The van der Waals surface area contributed by atoms with Crippen molar-refractivity contribution in [3.63, 3.8) is 0 Å². The first-order chi connectivity index (χ1) is 11.1. The normalized spacial score (nSPS) is 9.13. The summed E-state index contributed by atoms with van der Waals surface area (Å²) in [6.45, 7) is 0. The third-order valence-electron chi connectivity index (χ3n) is 2.76. The molecule has 0 heterocycles. The van der Waals surface area contributed by atoms with Crippen LogP contribution >= 0.6 is 0 Å². The monoisotopic (exact) mass is 306 g/mol. The molecule has 8 heteroatoms. The smallest absolute Gasteiger partial charge is 0.294 e. The molecule has 0 spiro atoms. The molecule has 0 aliphatic rings. The van der Waals surface area contributed by atoms with Gasteiger partial charge in [-0.05, 0) is 24.3 Å². The molecule has 2 aromatic rings. The quantitative estimate of drug-likeness (QED) is 0.496. The van der Waals surface area contributed by atoms with Gasteiger partial charge < -0.3 is 5.32 Å². The van der Waals surface area contributed by atoms with Crippen LogP contribution in [0.2, 0.25) is 0 Å². The Balaban J connectivity index is 2.29. The minimum Gasteiger partial charge on any atom is -0.350 e. The zero-order valence-corrected chi connectivity index (χ0v) is 11.7. The third kappa shape index (κ3) is 4.03. The van der Waals surface area contributed by atoms with Crippen molar-refractivity contribution in [2.24, 2.45) is 5.10 Å². The van der Waals surface area contributed by atoms with E-state index in [-0.39, 0.29) is 11.4 Å². The standard InChI is InChI=1S/C15H10N6O2/c16-9-13(10-17)20-19-12-6-7-14(15(8-12)21(22)23)18-11-4-2-1-3-5-11/h1-8,18-19H. The molecular weight excluding hydrogens is 296 g/mol. The summed E-state index contributed by atoms with van der Waals surface area (Å²) in [6.07, 6.45) is 0. The Bertz CT molecular complexity index is 817. The molecule has 8 nitrogen and oxygen atoms in total. The fourth-order valence-electron chi connectivity index (χ4n) is 1.73. The predicted octanol–water partition coefficient (Wildman–Crippen LogP) is 3.15. The minimum absolute atomic E-state index is 0.162. The van der Waals surface area contributed by atoms with E-state index in [9.17, 15) is 10.1 Å². The molecule has 0 bridgehead atoms. The number of nitro groups is 1. The van der Waals surface area contributed by atoms with Crippen molar-refractivity contribution >= 4 is 28.5 Å². The van der Waals surface area contributed by atoms with Crippen LogP contribution in [0.1, 0.15) is 0 Å². The Hall–Kier alpha value is -3.91. The minimum atomic E-state index is -0.532. The van der Waals surface area contributed by atoms with Gasteiger partial charge in [0.05, 0.1) is 10.6 Å². The van der Waals surface area contributed by atoms with Gasteiger partial charge in [0, 0.05) is 11.8 Å². The van der Waals surface area contributed by atoms with Crippen molar-refractivity contribution < 1.29 is 4.92 Å². The van der Waals surface area contributed by atoms with Crippen LogP contribution in [0.5, 0.6) is 0 Å². The second-order valence-corrected chi connectivity index (χ2v) is 4.28. The number of nitrogens with zero attached hydrogens (tertiary/aromatic N) is 4. The lowest BCUT2D eigenvalue weighted by Crippen LogP contribution is -2.00. The Labute approximate surface area is 131 Å². The second-order valence-electron chi connectivity index (χ2n) is 4.28. The number of rotatable bonds is 5. The number of nitriles is 2. The van der Waals surface area contributed by atoms with Crippen LogP contribution in [-0.4, -0.2) is 10.6 Å². The number of hydrogen-bond acceptors (Lipinski definition) is 7. The van der Waals surface area contributed by atoms with E-state index in [4.69, 9.17) is 10.5 Å². The summed E-state index contributed by atoms with van der Waals surface area (Å²) in [5.41, 5.74) is 3.23. The molecule has 0 saturated heterocycles. The lowest BCUT2D eigenvalue weighted by molar-refractivity contribution is -0.383. The first-order valence-electron chi connectivity index (χ1n) is 6.38. The summed E-state index contributed by atoms with van der Waals surface area (Å²) in [6, 6.07) is 16.5. The largest absolute Gasteiger partial charge is 0.350 e. The molecule has 112 valence electrons. The van der Waals surface area contributed by atoms with E-state index in [1.165, 1.54) is 12.1 Å². The van der Waals surface area contributed by atoms with Crippen LogP contribution in [0.25, 0.3) is 0 Å². The van der Waals surface area contributed by atoms with Gasteiger partial charge in [0.15, 0.2) is 0 Å². The third-order valence-corrected chi connectivity index (χ3v) is 2.76. The highest BCUT2D eigenvalue weighted by Gasteiger charge is 2.15. The molecule has 0 fully saturated rings. The van der Waals surface area contributed by atoms with Crippen LogP contribution < -0.4 is 10.7 Å². The van der Waals surface area contributed by atoms with Gasteiger partial charge in [0.1, 0.15) is 17.8 Å². The van der Waals surface area contributed by atoms with Gasteiger partial charge in [-0.3, -0.25) is 15.5 Å². The SMILES string of the molecule is N#CC(C#N)=NNc1ccc(Nc2ccccc2)c([N+](=O)[O-])c1. The molecule has 2 rings (SSSR count). The van der Waals surface area contributed by atoms with Crippen LogP contribution in [0, 0.1) is 32.8 Å². The molecule has 0 aliphatic heterocycles. The van der Waals surface area contributed by atoms with E-state index in [0.717, 1.165) is 0 Å². The number of anilines is 3. The van der Waals surface area contributed by atoms with Crippen molar-refractivity contribution in [3.8, 4) is 12.1 Å². The number of benzene rings is 2. The molecule has 0 atom stereocenters. The average Bonchev–Trinajstić information content (AvgIpc) is 2.57. The molecular formula is C15H10N6O2. The second kappa shape index (κ2) is 7.20. The zero-order valence-electron chi connectivity index (χ0n) is 11.7. The predicted molar refractivity (Wildman–Crippen MR) is 85.1 cm³/mol. The summed E-state index contributed by atoms with van der Waals surface area (Å²) in [7, 11) is 0. The summed E-state index contributed by atoms with van der Waals surface area (Å²) in [4.78, 5) is 10.7. The van der Waals surface area contributed by atoms with Gasteiger partial charge in [-0.25, -0.2) is 0 Å². The number of para-hydroxylation sites is 1. The zero-order chi connectivity index (χ0) is 16.7. The topological polar surface area (TPSA) is 127 Å². The highest BCUT2D eigenvalue weighted by atomic mass is 16.6. The maximum Gasteiger partial charge on any atom is 0.294 e. The van der Waals surface area contributed by atoms with E-state index < -0.39 is 4.92 Å². The first kappa shape index (κ1) is 15.5. The number of nitrogens with one attached hydrogen (secondary N) is 2. The molecule has 2 aromatic carbocycles. The van der Waals surface area contributed by atoms with Crippen LogP contribution in [-0.2, 0) is 0 Å². The van der Waals surface area contributed by atoms with Crippen molar-refractivity contribution in [2.45, 2.75) is 0 Å². The van der Waals surface area contributed by atoms with E-state index in [0.29, 0.717) is 17.1 Å². The van der Waals surface area contributed by atoms with Crippen molar-refractivity contribution in [1.82, 2.24) is 0 Å². The fraction of sp³-hybridized carbons (Fsp3) is 0. The molecule has 0 saturated carbocycles. The number of hydrazone groups is 1. The van der Waals surface area contributed by atoms with E-state index in [1.807, 2.05) is 18.2 Å². The molecule has 2 N–H and O–H groups in total. The number of nitro benzene ring substituents is 1. The van der Waals surface area contributed by atoms with Gasteiger partial charge >= 0.3 is 0 Å². The van der Waals surface area contributed by atoms with Crippen molar-refractivity contribution in [3.05, 3.63) is 58.6 Å². The number of hydrogen-bond donors (Lipinski definition) is 2. The van der Waals surface area contributed by atoms with E-state index in [2.05, 4.69) is 15.8 Å². The molecule has 0 aromatic heterocycles.